The van der Waals surface area contributed by atoms with Crippen molar-refractivity contribution in [3.8, 4) is 11.5 Å². The molecule has 4 aromatic rings. The average molecular weight is 496 g/mol. The lowest BCUT2D eigenvalue weighted by molar-refractivity contribution is -0.384. The fraction of sp³-hybridized carbons (Fsp3) is 0.130. The first kappa shape index (κ1) is 23.4. The summed E-state index contributed by atoms with van der Waals surface area (Å²) in [5, 5.41) is 23.8. The van der Waals surface area contributed by atoms with Crippen molar-refractivity contribution >= 4 is 29.8 Å². The minimum atomic E-state index is -4.04. The summed E-state index contributed by atoms with van der Waals surface area (Å²) >= 11 is 1.32. The Labute approximate surface area is 200 Å². The van der Waals surface area contributed by atoms with Gasteiger partial charge in [-0.2, -0.15) is 0 Å². The number of hydrogen-bond acceptors (Lipinski definition) is 9. The van der Waals surface area contributed by atoms with Crippen LogP contribution in [0.3, 0.4) is 0 Å². The number of nitrogens with one attached hydrogen (secondary N) is 1. The molecule has 0 aliphatic rings. The van der Waals surface area contributed by atoms with Crippen LogP contribution in [0, 0.1) is 10.1 Å². The maximum atomic E-state index is 14.5. The maximum Gasteiger partial charge on any atom is 0.457 e. The number of nitrogens with zero attached hydrogens (tertiary/aromatic N) is 3. The second kappa shape index (κ2) is 10.5. The van der Waals surface area contributed by atoms with Gasteiger partial charge in [0, 0.05) is 12.1 Å². The number of aromatic nitrogens is 2. The van der Waals surface area contributed by atoms with E-state index in [4.69, 9.17) is 9.05 Å². The van der Waals surface area contributed by atoms with Crippen LogP contribution in [0.2, 0.25) is 0 Å². The van der Waals surface area contributed by atoms with Gasteiger partial charge in [0.2, 0.25) is 5.13 Å². The summed E-state index contributed by atoms with van der Waals surface area (Å²) in [6.07, 6.45) is 0.695. The number of anilines is 1. The third kappa shape index (κ3) is 5.59. The number of aryl methyl sites for hydroxylation is 1. The van der Waals surface area contributed by atoms with E-state index in [9.17, 15) is 14.7 Å². The highest BCUT2D eigenvalue weighted by atomic mass is 32.1. The summed E-state index contributed by atoms with van der Waals surface area (Å²) in [6.45, 7) is 1.96. The van der Waals surface area contributed by atoms with Gasteiger partial charge in [-0.1, -0.05) is 54.7 Å². The molecule has 11 heteroatoms. The maximum absolute atomic E-state index is 14.5. The fourth-order valence-corrected chi connectivity index (χ4v) is 5.77. The Morgan fingerprint density at radius 2 is 1.50 bits per heavy atom. The van der Waals surface area contributed by atoms with Crippen molar-refractivity contribution in [2.45, 2.75) is 19.1 Å². The molecule has 0 aliphatic carbocycles. The predicted octanol–water partition coefficient (Wildman–Crippen LogP) is 6.47. The number of hydrogen-bond donors (Lipinski definition) is 1. The van der Waals surface area contributed by atoms with E-state index in [2.05, 4.69) is 15.5 Å². The Bertz CT molecular complexity index is 1240. The molecule has 0 amide bonds. The topological polar surface area (TPSA) is 116 Å². The van der Waals surface area contributed by atoms with Gasteiger partial charge in [-0.05, 0) is 48.4 Å². The van der Waals surface area contributed by atoms with Gasteiger partial charge in [-0.15, -0.1) is 10.2 Å². The standard InChI is InChI=1S/C23H21N4O5PS/c1-2-21-25-26-23(34-21)24-22(17-13-15-18(16-14-17)27(28)29)33(30,31-19-9-5-3-6-10-19)32-20-11-7-4-8-12-20/h3-16,22H,2H2,1H3,(H,24,26). The van der Waals surface area contributed by atoms with Crippen molar-refractivity contribution in [1.82, 2.24) is 10.2 Å². The lowest BCUT2D eigenvalue weighted by Gasteiger charge is -2.28. The Balaban J connectivity index is 1.79. The quantitative estimate of drug-likeness (QED) is 0.151. The summed E-state index contributed by atoms with van der Waals surface area (Å²) in [5.74, 6) is -0.338. The van der Waals surface area contributed by atoms with Gasteiger partial charge in [-0.25, -0.2) is 4.57 Å². The molecule has 0 aliphatic heterocycles. The van der Waals surface area contributed by atoms with Crippen LogP contribution >= 0.6 is 18.9 Å². The second-order valence-corrected chi connectivity index (χ2v) is 10.1. The first-order chi connectivity index (χ1) is 16.5. The normalized spacial score (nSPS) is 12.0. The summed E-state index contributed by atoms with van der Waals surface area (Å²) in [4.78, 5) is 10.7. The van der Waals surface area contributed by atoms with Crippen LogP contribution in [0.1, 0.15) is 23.3 Å². The molecule has 0 fully saturated rings. The van der Waals surface area contributed by atoms with Crippen LogP contribution in [0.15, 0.2) is 84.9 Å². The first-order valence-electron chi connectivity index (χ1n) is 10.4. The smallest absolute Gasteiger partial charge is 0.414 e. The molecule has 1 atom stereocenters. The molecule has 174 valence electrons. The SMILES string of the molecule is CCc1nnc(NC(c2ccc([N+](=O)[O-])cc2)P(=O)(Oc2ccccc2)Oc2ccccc2)s1. The monoisotopic (exact) mass is 496 g/mol. The molecule has 0 radical (unpaired) electrons. The van der Waals surface area contributed by atoms with Crippen LogP contribution in [0.5, 0.6) is 11.5 Å². The highest BCUT2D eigenvalue weighted by Crippen LogP contribution is 2.60. The van der Waals surface area contributed by atoms with Gasteiger partial charge in [0.1, 0.15) is 16.5 Å². The van der Waals surface area contributed by atoms with Gasteiger partial charge >= 0.3 is 7.60 Å². The zero-order chi connectivity index (χ0) is 24.0. The molecule has 0 saturated heterocycles. The Kier molecular flexibility index (Phi) is 7.20. The van der Waals surface area contributed by atoms with Crippen LogP contribution in [0.25, 0.3) is 0 Å². The Morgan fingerprint density at radius 1 is 0.941 bits per heavy atom. The largest absolute Gasteiger partial charge is 0.457 e. The van der Waals surface area contributed by atoms with E-state index in [1.807, 2.05) is 19.1 Å². The molecule has 1 unspecified atom stereocenters. The molecule has 0 spiro atoms. The Morgan fingerprint density at radius 3 is 1.97 bits per heavy atom. The van der Waals surface area contributed by atoms with Crippen molar-refractivity contribution in [2.75, 3.05) is 5.32 Å². The van der Waals surface area contributed by atoms with Crippen molar-refractivity contribution in [2.24, 2.45) is 0 Å². The minimum absolute atomic E-state index is 0.0885. The third-order valence-corrected chi connectivity index (χ3v) is 7.71. The van der Waals surface area contributed by atoms with Crippen LogP contribution in [-0.2, 0) is 11.0 Å². The molecular weight excluding hydrogens is 475 g/mol. The van der Waals surface area contributed by atoms with Crippen molar-refractivity contribution in [1.29, 1.82) is 0 Å². The van der Waals surface area contributed by atoms with Gasteiger partial charge in [0.05, 0.1) is 4.92 Å². The van der Waals surface area contributed by atoms with E-state index >= 15 is 0 Å². The van der Waals surface area contributed by atoms with Crippen LogP contribution in [0.4, 0.5) is 10.8 Å². The summed E-state index contributed by atoms with van der Waals surface area (Å²) in [6, 6.07) is 23.1. The lowest BCUT2D eigenvalue weighted by atomic mass is 10.2. The zero-order valence-electron chi connectivity index (χ0n) is 18.1. The van der Waals surface area contributed by atoms with Crippen LogP contribution in [-0.4, -0.2) is 15.1 Å². The summed E-state index contributed by atoms with van der Waals surface area (Å²) in [5.41, 5.74) is 0.378. The van der Waals surface area contributed by atoms with E-state index in [1.54, 1.807) is 48.5 Å². The van der Waals surface area contributed by atoms with Gasteiger partial charge in [0.15, 0.2) is 5.78 Å². The van der Waals surface area contributed by atoms with E-state index in [1.165, 1.54) is 35.6 Å². The Hall–Kier alpha value is -3.75. The van der Waals surface area contributed by atoms with Crippen molar-refractivity contribution in [3.63, 3.8) is 0 Å². The molecule has 3 aromatic carbocycles. The minimum Gasteiger partial charge on any atom is -0.414 e. The molecule has 1 aromatic heterocycles. The van der Waals surface area contributed by atoms with E-state index in [0.717, 1.165) is 5.01 Å². The molecule has 34 heavy (non-hydrogen) atoms. The number of non-ortho nitro benzene ring substituents is 1. The van der Waals surface area contributed by atoms with Gasteiger partial charge in [0.25, 0.3) is 5.69 Å². The molecule has 1 N–H and O–H groups in total. The van der Waals surface area contributed by atoms with E-state index in [-0.39, 0.29) is 5.69 Å². The molecule has 0 bridgehead atoms. The summed E-state index contributed by atoms with van der Waals surface area (Å²) in [7, 11) is -4.04. The third-order valence-electron chi connectivity index (χ3n) is 4.72. The molecular formula is C23H21N4O5PS. The summed E-state index contributed by atoms with van der Waals surface area (Å²) < 4.78 is 26.5. The number of benzene rings is 3. The average Bonchev–Trinajstić information content (AvgIpc) is 3.32. The lowest BCUT2D eigenvalue weighted by Crippen LogP contribution is -2.18. The first-order valence-corrected chi connectivity index (χ1v) is 12.8. The molecule has 9 nitrogen and oxygen atoms in total. The fourth-order valence-electron chi connectivity index (χ4n) is 3.08. The van der Waals surface area contributed by atoms with E-state index in [0.29, 0.717) is 28.6 Å². The highest BCUT2D eigenvalue weighted by Gasteiger charge is 2.42. The molecule has 1 heterocycles. The van der Waals surface area contributed by atoms with Crippen molar-refractivity contribution < 1.29 is 18.5 Å². The van der Waals surface area contributed by atoms with Gasteiger partial charge in [-0.3, -0.25) is 10.1 Å². The van der Waals surface area contributed by atoms with E-state index < -0.39 is 18.3 Å². The molecule has 0 saturated carbocycles. The predicted molar refractivity (Wildman–Crippen MR) is 130 cm³/mol. The van der Waals surface area contributed by atoms with Gasteiger partial charge < -0.3 is 14.4 Å². The number of nitro groups is 1. The second-order valence-electron chi connectivity index (χ2n) is 7.10. The number of para-hydroxylation sites is 2. The van der Waals surface area contributed by atoms with Crippen molar-refractivity contribution in [3.05, 3.63) is 106 Å². The highest BCUT2D eigenvalue weighted by molar-refractivity contribution is 7.55. The zero-order valence-corrected chi connectivity index (χ0v) is 19.8. The van der Waals surface area contributed by atoms with Crippen LogP contribution < -0.4 is 14.4 Å². The molecule has 4 rings (SSSR count). The number of rotatable bonds is 10. The number of nitro benzene ring substituents is 1.